The minimum absolute atomic E-state index is 0.304. The molecule has 1 aliphatic carbocycles. The number of rotatable bonds is 4. The number of hydrogen-bond donors (Lipinski definition) is 1. The second-order valence-corrected chi connectivity index (χ2v) is 5.39. The zero-order valence-electron chi connectivity index (χ0n) is 11.6. The number of ether oxygens (including phenoxy) is 1. The van der Waals surface area contributed by atoms with Gasteiger partial charge < -0.3 is 9.84 Å². The average molecular weight is 264 g/mol. The van der Waals surface area contributed by atoms with Crippen molar-refractivity contribution in [2.24, 2.45) is 5.92 Å². The zero-order chi connectivity index (χ0) is 14.0. The van der Waals surface area contributed by atoms with Crippen molar-refractivity contribution in [3.05, 3.63) is 23.3 Å². The van der Waals surface area contributed by atoms with Crippen LogP contribution in [-0.4, -0.2) is 27.7 Å². The van der Waals surface area contributed by atoms with Crippen molar-refractivity contribution >= 4 is 5.97 Å². The van der Waals surface area contributed by atoms with Crippen LogP contribution in [0.2, 0.25) is 0 Å². The topological polar surface area (TPSA) is 72.3 Å². The van der Waals surface area contributed by atoms with Gasteiger partial charge in [-0.2, -0.15) is 0 Å². The maximum atomic E-state index is 11.0. The summed E-state index contributed by atoms with van der Waals surface area (Å²) in [7, 11) is 0. The van der Waals surface area contributed by atoms with Crippen LogP contribution in [-0.2, 0) is 28.0 Å². The van der Waals surface area contributed by atoms with E-state index in [1.807, 2.05) is 20.8 Å². The van der Waals surface area contributed by atoms with Crippen LogP contribution in [0.4, 0.5) is 0 Å². The van der Waals surface area contributed by atoms with Crippen LogP contribution in [0.25, 0.3) is 0 Å². The Labute approximate surface area is 113 Å². The Bertz CT molecular complexity index is 486. The molecular weight excluding hydrogens is 244 g/mol. The van der Waals surface area contributed by atoms with E-state index in [0.29, 0.717) is 31.7 Å². The smallest absolute Gasteiger partial charge is 0.306 e. The van der Waals surface area contributed by atoms with Crippen molar-refractivity contribution in [3.63, 3.8) is 0 Å². The van der Waals surface area contributed by atoms with E-state index < -0.39 is 11.6 Å². The molecule has 1 unspecified atom stereocenters. The van der Waals surface area contributed by atoms with E-state index in [2.05, 4.69) is 9.97 Å². The van der Waals surface area contributed by atoms with Gasteiger partial charge in [0.15, 0.2) is 5.82 Å². The molecule has 1 aromatic rings. The second kappa shape index (κ2) is 5.25. The van der Waals surface area contributed by atoms with Crippen molar-refractivity contribution in [2.45, 2.75) is 45.6 Å². The van der Waals surface area contributed by atoms with E-state index >= 15 is 0 Å². The quantitative estimate of drug-likeness (QED) is 0.899. The monoisotopic (exact) mass is 264 g/mol. The molecule has 2 rings (SSSR count). The van der Waals surface area contributed by atoms with Gasteiger partial charge >= 0.3 is 5.97 Å². The predicted molar refractivity (Wildman–Crippen MR) is 69.8 cm³/mol. The van der Waals surface area contributed by atoms with Gasteiger partial charge in [0.1, 0.15) is 5.60 Å². The predicted octanol–water partition coefficient (Wildman–Crippen LogP) is 1.94. The zero-order valence-corrected chi connectivity index (χ0v) is 11.6. The number of carboxylic acids is 1. The molecule has 5 nitrogen and oxygen atoms in total. The first-order valence-corrected chi connectivity index (χ1v) is 6.66. The fourth-order valence-electron chi connectivity index (χ4n) is 2.43. The number of fused-ring (bicyclic) bond motifs is 1. The lowest BCUT2D eigenvalue weighted by Gasteiger charge is -2.26. The number of aryl methyl sites for hydroxylation is 1. The van der Waals surface area contributed by atoms with Crippen molar-refractivity contribution in [1.29, 1.82) is 0 Å². The van der Waals surface area contributed by atoms with E-state index in [4.69, 9.17) is 9.84 Å². The van der Waals surface area contributed by atoms with Crippen molar-refractivity contribution < 1.29 is 14.6 Å². The normalized spacial score (nSPS) is 19.0. The fourth-order valence-corrected chi connectivity index (χ4v) is 2.43. The number of carboxylic acid groups (broad SMARTS) is 1. The maximum Gasteiger partial charge on any atom is 0.306 e. The Morgan fingerprint density at radius 1 is 1.58 bits per heavy atom. The molecule has 0 saturated carbocycles. The molecule has 19 heavy (non-hydrogen) atoms. The Hall–Kier alpha value is -1.49. The van der Waals surface area contributed by atoms with Crippen LogP contribution in [0.1, 0.15) is 44.3 Å². The van der Waals surface area contributed by atoms with Gasteiger partial charge in [0.25, 0.3) is 0 Å². The summed E-state index contributed by atoms with van der Waals surface area (Å²) in [4.78, 5) is 19.9. The molecule has 0 saturated heterocycles. The van der Waals surface area contributed by atoms with Gasteiger partial charge in [0.2, 0.25) is 0 Å². The summed E-state index contributed by atoms with van der Waals surface area (Å²) >= 11 is 0. The van der Waals surface area contributed by atoms with E-state index in [-0.39, 0.29) is 5.92 Å². The summed E-state index contributed by atoms with van der Waals surface area (Å²) in [6.07, 6.45) is 3.63. The number of hydrogen-bond acceptors (Lipinski definition) is 4. The third kappa shape index (κ3) is 2.92. The summed E-state index contributed by atoms with van der Waals surface area (Å²) in [5.74, 6) is -0.368. The highest BCUT2D eigenvalue weighted by Crippen LogP contribution is 2.27. The molecule has 0 fully saturated rings. The Morgan fingerprint density at radius 2 is 2.32 bits per heavy atom. The molecule has 5 heteroatoms. The lowest BCUT2D eigenvalue weighted by Crippen LogP contribution is -2.28. The van der Waals surface area contributed by atoms with Crippen molar-refractivity contribution in [3.8, 4) is 0 Å². The third-order valence-electron chi connectivity index (χ3n) is 3.54. The van der Waals surface area contributed by atoms with Gasteiger partial charge in [0.05, 0.1) is 5.92 Å². The van der Waals surface area contributed by atoms with Gasteiger partial charge in [0, 0.05) is 18.5 Å². The SMILES string of the molecule is CCOC(C)(C)c1ncc2c(n1)CCC(C(=O)O)C2. The molecule has 0 aromatic carbocycles. The lowest BCUT2D eigenvalue weighted by atomic mass is 9.87. The molecule has 1 atom stereocenters. The highest BCUT2D eigenvalue weighted by molar-refractivity contribution is 5.70. The summed E-state index contributed by atoms with van der Waals surface area (Å²) in [5, 5.41) is 9.06. The molecule has 0 aliphatic heterocycles. The molecule has 1 heterocycles. The molecule has 1 N–H and O–H groups in total. The number of carbonyl (C=O) groups is 1. The van der Waals surface area contributed by atoms with E-state index in [0.717, 1.165) is 11.3 Å². The fraction of sp³-hybridized carbons (Fsp3) is 0.643. The van der Waals surface area contributed by atoms with Crippen LogP contribution in [0.5, 0.6) is 0 Å². The molecule has 1 aliphatic rings. The third-order valence-corrected chi connectivity index (χ3v) is 3.54. The van der Waals surface area contributed by atoms with Gasteiger partial charge in [-0.3, -0.25) is 4.79 Å². The van der Waals surface area contributed by atoms with Crippen molar-refractivity contribution in [1.82, 2.24) is 9.97 Å². The number of aromatic nitrogens is 2. The Morgan fingerprint density at radius 3 is 2.95 bits per heavy atom. The number of nitrogens with zero attached hydrogens (tertiary/aromatic N) is 2. The lowest BCUT2D eigenvalue weighted by molar-refractivity contribution is -0.142. The van der Waals surface area contributed by atoms with Crippen LogP contribution < -0.4 is 0 Å². The van der Waals surface area contributed by atoms with Gasteiger partial charge in [-0.25, -0.2) is 9.97 Å². The second-order valence-electron chi connectivity index (χ2n) is 5.39. The largest absolute Gasteiger partial charge is 0.481 e. The van der Waals surface area contributed by atoms with E-state index in [1.165, 1.54) is 0 Å². The van der Waals surface area contributed by atoms with Crippen LogP contribution in [0, 0.1) is 5.92 Å². The molecule has 0 amide bonds. The Kier molecular flexibility index (Phi) is 3.85. The highest BCUT2D eigenvalue weighted by atomic mass is 16.5. The van der Waals surface area contributed by atoms with Gasteiger partial charge in [-0.15, -0.1) is 0 Å². The highest BCUT2D eigenvalue weighted by Gasteiger charge is 2.29. The maximum absolute atomic E-state index is 11.0. The summed E-state index contributed by atoms with van der Waals surface area (Å²) in [6, 6.07) is 0. The summed E-state index contributed by atoms with van der Waals surface area (Å²) in [6.45, 7) is 6.44. The van der Waals surface area contributed by atoms with E-state index in [9.17, 15) is 4.79 Å². The molecular formula is C14H20N2O3. The first-order valence-electron chi connectivity index (χ1n) is 6.66. The van der Waals surface area contributed by atoms with Gasteiger partial charge in [-0.05, 0) is 45.6 Å². The van der Waals surface area contributed by atoms with Crippen LogP contribution in [0.3, 0.4) is 0 Å². The van der Waals surface area contributed by atoms with E-state index in [1.54, 1.807) is 6.20 Å². The first kappa shape index (κ1) is 13.9. The molecule has 1 aromatic heterocycles. The minimum Gasteiger partial charge on any atom is -0.481 e. The molecule has 104 valence electrons. The first-order chi connectivity index (χ1) is 8.94. The molecule has 0 spiro atoms. The summed E-state index contributed by atoms with van der Waals surface area (Å²) in [5.41, 5.74) is 1.41. The molecule has 0 radical (unpaired) electrons. The standard InChI is InChI=1S/C14H20N2O3/c1-4-19-14(2,3)13-15-8-10-7-9(12(17)18)5-6-11(10)16-13/h8-9H,4-7H2,1-3H3,(H,17,18). The van der Waals surface area contributed by atoms with Gasteiger partial charge in [-0.1, -0.05) is 0 Å². The molecule has 0 bridgehead atoms. The number of aliphatic carboxylic acids is 1. The Balaban J connectivity index is 2.24. The van der Waals surface area contributed by atoms with Crippen LogP contribution in [0.15, 0.2) is 6.20 Å². The average Bonchev–Trinajstić information content (AvgIpc) is 2.37. The van der Waals surface area contributed by atoms with Crippen LogP contribution >= 0.6 is 0 Å². The minimum atomic E-state index is -0.732. The summed E-state index contributed by atoms with van der Waals surface area (Å²) < 4.78 is 5.65. The van der Waals surface area contributed by atoms with Crippen molar-refractivity contribution in [2.75, 3.05) is 6.61 Å².